The molecule has 9 nitrogen and oxygen atoms in total. The second kappa shape index (κ2) is 43.2. The van der Waals surface area contributed by atoms with Crippen molar-refractivity contribution in [2.75, 3.05) is 47.5 Å². The number of hydrogen-bond acceptors (Lipinski definition) is 7. The first-order valence-corrected chi connectivity index (χ1v) is 26.4. The van der Waals surface area contributed by atoms with Gasteiger partial charge in [0.1, 0.15) is 19.8 Å². The summed E-state index contributed by atoms with van der Waals surface area (Å²) in [4.78, 5) is 35.3. The molecule has 0 aromatic carbocycles. The summed E-state index contributed by atoms with van der Waals surface area (Å²) in [7, 11) is 1.48. The van der Waals surface area contributed by atoms with Crippen LogP contribution in [-0.2, 0) is 32.7 Å². The average Bonchev–Trinajstić information content (AvgIpc) is 3.21. The van der Waals surface area contributed by atoms with Gasteiger partial charge >= 0.3 is 19.8 Å². The van der Waals surface area contributed by atoms with Gasteiger partial charge in [-0.2, -0.15) is 0 Å². The molecule has 10 heteroatoms. The molecule has 0 heterocycles. The molecule has 0 radical (unpaired) electrons. The third-order valence-corrected chi connectivity index (χ3v) is 11.6. The Labute approximate surface area is 375 Å². The highest BCUT2D eigenvalue weighted by Crippen LogP contribution is 2.43. The molecule has 1 N–H and O–H groups in total. The number of quaternary nitrogens is 1. The van der Waals surface area contributed by atoms with E-state index in [1.807, 2.05) is 21.1 Å². The van der Waals surface area contributed by atoms with Gasteiger partial charge in [-0.15, -0.1) is 0 Å². The molecule has 0 rings (SSSR count). The number of phosphoric ester groups is 1. The van der Waals surface area contributed by atoms with E-state index in [-0.39, 0.29) is 25.6 Å². The lowest BCUT2D eigenvalue weighted by atomic mass is 10.0. The molecule has 0 aliphatic heterocycles. The summed E-state index contributed by atoms with van der Waals surface area (Å²) in [5, 5.41) is 0. The SMILES string of the molecule is CC/C=C\C/C=C\C/C=C\C/C=C\CCCCCCCCCCCCCCCCCCC(=O)OC(COC(=O)CCCCCCCCCC)COP(=O)(O)OCC[N+](C)(C)C. The summed E-state index contributed by atoms with van der Waals surface area (Å²) >= 11 is 0. The van der Waals surface area contributed by atoms with E-state index in [0.717, 1.165) is 57.8 Å². The van der Waals surface area contributed by atoms with Gasteiger partial charge in [0.05, 0.1) is 27.7 Å². The zero-order chi connectivity index (χ0) is 45.0. The highest BCUT2D eigenvalue weighted by atomic mass is 31.2. The monoisotopic (exact) mass is 881 g/mol. The van der Waals surface area contributed by atoms with Gasteiger partial charge in [0.15, 0.2) is 6.10 Å². The highest BCUT2D eigenvalue weighted by Gasteiger charge is 2.27. The maximum atomic E-state index is 12.7. The maximum absolute atomic E-state index is 12.7. The molecule has 0 bridgehead atoms. The van der Waals surface area contributed by atoms with Crippen LogP contribution in [0.5, 0.6) is 0 Å². The molecule has 0 fully saturated rings. The molecule has 0 aliphatic carbocycles. The van der Waals surface area contributed by atoms with Crippen LogP contribution < -0.4 is 0 Å². The van der Waals surface area contributed by atoms with Gasteiger partial charge in [-0.25, -0.2) is 4.57 Å². The van der Waals surface area contributed by atoms with Gasteiger partial charge in [0, 0.05) is 12.8 Å². The van der Waals surface area contributed by atoms with Crippen molar-refractivity contribution in [3.8, 4) is 0 Å². The third kappa shape index (κ3) is 47.3. The van der Waals surface area contributed by atoms with Crippen molar-refractivity contribution in [2.24, 2.45) is 0 Å². The highest BCUT2D eigenvalue weighted by molar-refractivity contribution is 7.47. The van der Waals surface area contributed by atoms with Crippen LogP contribution in [0, 0.1) is 0 Å². The molecule has 0 aromatic heterocycles. The predicted octanol–water partition coefficient (Wildman–Crippen LogP) is 14.6. The van der Waals surface area contributed by atoms with E-state index in [9.17, 15) is 19.0 Å². The van der Waals surface area contributed by atoms with E-state index in [2.05, 4.69) is 62.5 Å². The van der Waals surface area contributed by atoms with Gasteiger partial charge in [0.25, 0.3) is 0 Å². The first-order chi connectivity index (χ1) is 29.5. The van der Waals surface area contributed by atoms with Crippen LogP contribution in [-0.4, -0.2) is 74.9 Å². The lowest BCUT2D eigenvalue weighted by molar-refractivity contribution is -0.870. The van der Waals surface area contributed by atoms with Gasteiger partial charge in [-0.05, 0) is 51.4 Å². The number of phosphoric acid groups is 1. The first kappa shape index (κ1) is 59.0. The zero-order valence-corrected chi connectivity index (χ0v) is 41.0. The molecule has 61 heavy (non-hydrogen) atoms. The van der Waals surface area contributed by atoms with E-state index in [4.69, 9.17) is 18.5 Å². The second-order valence-electron chi connectivity index (χ2n) is 17.8. The number of carbonyl (C=O) groups is 2. The molecule has 0 saturated carbocycles. The van der Waals surface area contributed by atoms with Crippen LogP contribution in [0.4, 0.5) is 0 Å². The Morgan fingerprint density at radius 3 is 1.39 bits per heavy atom. The molecule has 2 atom stereocenters. The molecule has 0 aromatic rings. The molecule has 0 spiro atoms. The van der Waals surface area contributed by atoms with Crippen LogP contribution >= 0.6 is 7.82 Å². The quantitative estimate of drug-likeness (QED) is 0.0212. The van der Waals surface area contributed by atoms with Gasteiger partial charge in [-0.3, -0.25) is 18.6 Å². The normalized spacial score (nSPS) is 13.9. The Bertz CT molecular complexity index is 1180. The van der Waals surface area contributed by atoms with Crippen LogP contribution in [0.1, 0.15) is 213 Å². The fourth-order valence-electron chi connectivity index (χ4n) is 6.77. The Morgan fingerprint density at radius 2 is 0.934 bits per heavy atom. The van der Waals surface area contributed by atoms with E-state index in [1.54, 1.807) is 0 Å². The number of carbonyl (C=O) groups excluding carboxylic acids is 2. The standard InChI is InChI=1S/C51H94NO8P/c1-6-8-10-12-14-16-17-18-19-20-21-22-23-24-25-26-27-28-29-30-31-32-33-34-35-36-38-40-42-44-51(54)60-49(48-59-61(55,56)58-46-45-52(3,4)5)47-57-50(53)43-41-39-37-15-13-11-9-7-2/h8,10,14,16,18-19,21-22,49H,6-7,9,11-13,15,17,20,23-48H2,1-5H3/p+1/b10-8-,16-14-,19-18-,22-21-. The summed E-state index contributed by atoms with van der Waals surface area (Å²) in [6.07, 6.45) is 51.9. The van der Waals surface area contributed by atoms with Crippen molar-refractivity contribution < 1.29 is 42.1 Å². The fourth-order valence-corrected chi connectivity index (χ4v) is 7.51. The number of hydrogen-bond donors (Lipinski definition) is 1. The minimum absolute atomic E-state index is 0.0327. The summed E-state index contributed by atoms with van der Waals surface area (Å²) in [6, 6.07) is 0. The number of nitrogens with zero attached hydrogens (tertiary/aromatic N) is 1. The van der Waals surface area contributed by atoms with Gasteiger partial charge in [0.2, 0.25) is 0 Å². The Hall–Kier alpha value is -2.03. The van der Waals surface area contributed by atoms with E-state index in [1.165, 1.54) is 122 Å². The molecule has 2 unspecified atom stereocenters. The zero-order valence-electron chi connectivity index (χ0n) is 40.1. The summed E-state index contributed by atoms with van der Waals surface area (Å²) in [5.41, 5.74) is 0. The smallest absolute Gasteiger partial charge is 0.462 e. The lowest BCUT2D eigenvalue weighted by Gasteiger charge is -2.24. The van der Waals surface area contributed by atoms with Crippen molar-refractivity contribution in [1.29, 1.82) is 0 Å². The minimum atomic E-state index is -4.37. The summed E-state index contributed by atoms with van der Waals surface area (Å²) < 4.78 is 34.3. The molecular weight excluding hydrogens is 786 g/mol. The topological polar surface area (TPSA) is 108 Å². The molecule has 0 aliphatic rings. The summed E-state index contributed by atoms with van der Waals surface area (Å²) in [6.45, 7) is 4.29. The molecule has 356 valence electrons. The molecular formula is C51H95NO8P+. The number of rotatable bonds is 45. The third-order valence-electron chi connectivity index (χ3n) is 10.6. The number of likely N-dealkylation sites (N-methyl/N-ethyl adjacent to an activating group) is 1. The van der Waals surface area contributed by atoms with Crippen LogP contribution in [0.25, 0.3) is 0 Å². The molecule has 0 saturated heterocycles. The van der Waals surface area contributed by atoms with Crippen LogP contribution in [0.3, 0.4) is 0 Å². The number of allylic oxidation sites excluding steroid dienone is 8. The fraction of sp³-hybridized carbons (Fsp3) is 0.804. The van der Waals surface area contributed by atoms with Crippen molar-refractivity contribution in [3.63, 3.8) is 0 Å². The predicted molar refractivity (Wildman–Crippen MR) is 257 cm³/mol. The van der Waals surface area contributed by atoms with Crippen LogP contribution in [0.15, 0.2) is 48.6 Å². The second-order valence-corrected chi connectivity index (χ2v) is 19.3. The van der Waals surface area contributed by atoms with Crippen molar-refractivity contribution in [2.45, 2.75) is 219 Å². The van der Waals surface area contributed by atoms with Crippen LogP contribution in [0.2, 0.25) is 0 Å². The van der Waals surface area contributed by atoms with Crippen molar-refractivity contribution in [1.82, 2.24) is 0 Å². The van der Waals surface area contributed by atoms with E-state index >= 15 is 0 Å². The van der Waals surface area contributed by atoms with Crippen molar-refractivity contribution >= 4 is 19.8 Å². The van der Waals surface area contributed by atoms with Gasteiger partial charge < -0.3 is 18.9 Å². The average molecular weight is 881 g/mol. The Kier molecular flexibility index (Phi) is 41.8. The number of esters is 2. The minimum Gasteiger partial charge on any atom is -0.462 e. The van der Waals surface area contributed by atoms with E-state index in [0.29, 0.717) is 23.9 Å². The van der Waals surface area contributed by atoms with Gasteiger partial charge in [-0.1, -0.05) is 197 Å². The lowest BCUT2D eigenvalue weighted by Crippen LogP contribution is -2.37. The first-order valence-electron chi connectivity index (χ1n) is 24.9. The van der Waals surface area contributed by atoms with Crippen molar-refractivity contribution in [3.05, 3.63) is 48.6 Å². The van der Waals surface area contributed by atoms with E-state index < -0.39 is 26.5 Å². The maximum Gasteiger partial charge on any atom is 0.472 e. The Morgan fingerprint density at radius 1 is 0.525 bits per heavy atom. The largest absolute Gasteiger partial charge is 0.472 e. The number of ether oxygens (including phenoxy) is 2. The molecule has 0 amide bonds. The number of unbranched alkanes of at least 4 members (excludes halogenated alkanes) is 23. The summed E-state index contributed by atoms with van der Waals surface area (Å²) in [5.74, 6) is -0.798. The Balaban J connectivity index is 4.03.